The Morgan fingerprint density at radius 2 is 2.08 bits per heavy atom. The molecule has 0 spiro atoms. The summed E-state index contributed by atoms with van der Waals surface area (Å²) in [5.74, 6) is -0.00314. The molecular weight excluding hydrogens is 359 g/mol. The van der Waals surface area contributed by atoms with E-state index < -0.39 is 0 Å². The molecule has 4 nitrogen and oxygen atoms in total. The molecule has 1 heterocycles. The van der Waals surface area contributed by atoms with Crippen LogP contribution in [0.5, 0.6) is 0 Å². The molecule has 2 aromatic rings. The number of hydrogen-bond acceptors (Lipinski definition) is 3. The maximum Gasteiger partial charge on any atom is 0.226 e. The van der Waals surface area contributed by atoms with E-state index in [0.717, 1.165) is 28.9 Å². The number of benzene rings is 2. The summed E-state index contributed by atoms with van der Waals surface area (Å²) in [6.07, 6.45) is 0.412. The number of hydrogen-bond donors (Lipinski definition) is 2. The van der Waals surface area contributed by atoms with E-state index in [1.54, 1.807) is 0 Å². The van der Waals surface area contributed by atoms with Crippen molar-refractivity contribution in [3.8, 4) is 11.1 Å². The Bertz CT molecular complexity index is 731. The van der Waals surface area contributed by atoms with Gasteiger partial charge < -0.3 is 15.4 Å². The summed E-state index contributed by atoms with van der Waals surface area (Å²) in [5, 5.41) is 6.99. The molecular formula is C19H22Cl2N2O2. The van der Waals surface area contributed by atoms with E-state index in [2.05, 4.69) is 16.7 Å². The maximum absolute atomic E-state index is 12.2. The number of halogens is 2. The van der Waals surface area contributed by atoms with E-state index in [-0.39, 0.29) is 24.4 Å². The molecule has 6 heteroatoms. The zero-order valence-corrected chi connectivity index (χ0v) is 15.6. The normalized spacial score (nSPS) is 16.8. The molecule has 1 atom stereocenters. The van der Waals surface area contributed by atoms with Crippen LogP contribution in [-0.4, -0.2) is 31.7 Å². The van der Waals surface area contributed by atoms with Crippen molar-refractivity contribution in [2.75, 3.05) is 25.1 Å². The molecule has 1 aliphatic rings. The summed E-state index contributed by atoms with van der Waals surface area (Å²) in [7, 11) is 0. The third-order valence-corrected chi connectivity index (χ3v) is 4.32. The molecule has 0 radical (unpaired) electrons. The Hall–Kier alpha value is -1.59. The lowest BCUT2D eigenvalue weighted by Gasteiger charge is -2.23. The van der Waals surface area contributed by atoms with E-state index >= 15 is 0 Å². The first-order valence-corrected chi connectivity index (χ1v) is 8.47. The minimum atomic E-state index is -0.00314. The summed E-state index contributed by atoms with van der Waals surface area (Å²) < 4.78 is 5.38. The Morgan fingerprint density at radius 1 is 1.28 bits per heavy atom. The highest BCUT2D eigenvalue weighted by Gasteiger charge is 2.17. The SMILES string of the molecule is Cc1cc(-c2cccc(Cl)c2)ccc1NC(=O)CC1COCCN1.Cl. The van der Waals surface area contributed by atoms with Crippen LogP contribution in [0.15, 0.2) is 42.5 Å². The number of aryl methyl sites for hydroxylation is 1. The van der Waals surface area contributed by atoms with Crippen LogP contribution in [0.25, 0.3) is 11.1 Å². The summed E-state index contributed by atoms with van der Waals surface area (Å²) in [6, 6.07) is 13.8. The molecule has 1 fully saturated rings. The fourth-order valence-electron chi connectivity index (χ4n) is 2.83. The number of carbonyl (C=O) groups excluding carboxylic acids is 1. The fourth-order valence-corrected chi connectivity index (χ4v) is 3.02. The third-order valence-electron chi connectivity index (χ3n) is 4.09. The van der Waals surface area contributed by atoms with E-state index in [1.165, 1.54) is 0 Å². The van der Waals surface area contributed by atoms with Crippen molar-refractivity contribution in [1.82, 2.24) is 5.32 Å². The number of amides is 1. The zero-order valence-electron chi connectivity index (χ0n) is 14.0. The second kappa shape index (κ2) is 9.20. The number of carbonyl (C=O) groups is 1. The fraction of sp³-hybridized carbons (Fsp3) is 0.316. The van der Waals surface area contributed by atoms with Gasteiger partial charge in [-0.15, -0.1) is 12.4 Å². The standard InChI is InChI=1S/C19H21ClN2O2.ClH/c1-13-9-15(14-3-2-4-16(20)10-14)5-6-18(13)22-19(23)11-17-12-24-8-7-21-17;/h2-6,9-10,17,21H,7-8,11-12H2,1H3,(H,22,23);1H. The van der Waals surface area contributed by atoms with Crippen molar-refractivity contribution >= 4 is 35.6 Å². The van der Waals surface area contributed by atoms with Crippen LogP contribution in [0.4, 0.5) is 5.69 Å². The molecule has 0 aliphatic carbocycles. The number of morpholine rings is 1. The Labute approximate surface area is 159 Å². The first-order valence-electron chi connectivity index (χ1n) is 8.09. The smallest absolute Gasteiger partial charge is 0.226 e. The van der Waals surface area contributed by atoms with Crippen LogP contribution in [0.2, 0.25) is 5.02 Å². The Morgan fingerprint density at radius 3 is 2.76 bits per heavy atom. The molecule has 134 valence electrons. The molecule has 0 bridgehead atoms. The second-order valence-electron chi connectivity index (χ2n) is 6.02. The van der Waals surface area contributed by atoms with Gasteiger partial charge in [0.25, 0.3) is 0 Å². The number of rotatable bonds is 4. The van der Waals surface area contributed by atoms with Crippen molar-refractivity contribution in [1.29, 1.82) is 0 Å². The molecule has 25 heavy (non-hydrogen) atoms. The number of nitrogens with one attached hydrogen (secondary N) is 2. The Kier molecular flexibility index (Phi) is 7.26. The largest absolute Gasteiger partial charge is 0.378 e. The second-order valence-corrected chi connectivity index (χ2v) is 6.45. The third kappa shape index (κ3) is 5.44. The van der Waals surface area contributed by atoms with Gasteiger partial charge in [0, 0.05) is 29.7 Å². The minimum absolute atomic E-state index is 0. The van der Waals surface area contributed by atoms with Gasteiger partial charge in [-0.25, -0.2) is 0 Å². The first kappa shape index (κ1) is 19.7. The van der Waals surface area contributed by atoms with E-state index in [0.29, 0.717) is 24.7 Å². The highest BCUT2D eigenvalue weighted by atomic mass is 35.5. The molecule has 3 rings (SSSR count). The van der Waals surface area contributed by atoms with Crippen molar-refractivity contribution in [3.05, 3.63) is 53.1 Å². The van der Waals surface area contributed by atoms with Gasteiger partial charge in [0.2, 0.25) is 5.91 Å². The van der Waals surface area contributed by atoms with Gasteiger partial charge in [-0.3, -0.25) is 4.79 Å². The molecule has 1 aliphatic heterocycles. The van der Waals surface area contributed by atoms with Gasteiger partial charge in [-0.2, -0.15) is 0 Å². The summed E-state index contributed by atoms with van der Waals surface area (Å²) >= 11 is 6.05. The summed E-state index contributed by atoms with van der Waals surface area (Å²) in [5.41, 5.74) is 4.00. The van der Waals surface area contributed by atoms with Crippen molar-refractivity contribution in [2.45, 2.75) is 19.4 Å². The van der Waals surface area contributed by atoms with Gasteiger partial charge in [-0.1, -0.05) is 29.8 Å². The lowest BCUT2D eigenvalue weighted by molar-refractivity contribution is -0.117. The van der Waals surface area contributed by atoms with Gasteiger partial charge >= 0.3 is 0 Å². The molecule has 2 aromatic carbocycles. The van der Waals surface area contributed by atoms with Crippen molar-refractivity contribution in [2.24, 2.45) is 0 Å². The highest BCUT2D eigenvalue weighted by molar-refractivity contribution is 6.30. The van der Waals surface area contributed by atoms with Crippen LogP contribution in [0.1, 0.15) is 12.0 Å². The van der Waals surface area contributed by atoms with Crippen LogP contribution in [0.3, 0.4) is 0 Å². The molecule has 1 unspecified atom stereocenters. The van der Waals surface area contributed by atoms with Crippen LogP contribution >= 0.6 is 24.0 Å². The highest BCUT2D eigenvalue weighted by Crippen LogP contribution is 2.26. The molecule has 0 aromatic heterocycles. The van der Waals surface area contributed by atoms with Gasteiger partial charge in [-0.05, 0) is 47.9 Å². The zero-order chi connectivity index (χ0) is 16.9. The number of anilines is 1. The van der Waals surface area contributed by atoms with E-state index in [1.807, 2.05) is 43.3 Å². The van der Waals surface area contributed by atoms with Crippen LogP contribution < -0.4 is 10.6 Å². The lowest BCUT2D eigenvalue weighted by Crippen LogP contribution is -2.43. The predicted octanol–water partition coefficient (Wildman–Crippen LogP) is 4.05. The molecule has 1 amide bonds. The topological polar surface area (TPSA) is 50.4 Å². The van der Waals surface area contributed by atoms with Gasteiger partial charge in [0.05, 0.1) is 13.2 Å². The quantitative estimate of drug-likeness (QED) is 0.840. The van der Waals surface area contributed by atoms with Crippen LogP contribution in [0, 0.1) is 6.92 Å². The number of ether oxygens (including phenoxy) is 1. The average Bonchev–Trinajstić information content (AvgIpc) is 2.57. The minimum Gasteiger partial charge on any atom is -0.378 e. The van der Waals surface area contributed by atoms with E-state index in [4.69, 9.17) is 16.3 Å². The lowest BCUT2D eigenvalue weighted by atomic mass is 10.0. The molecule has 0 saturated carbocycles. The average molecular weight is 381 g/mol. The molecule has 1 saturated heterocycles. The maximum atomic E-state index is 12.2. The van der Waals surface area contributed by atoms with Crippen LogP contribution in [-0.2, 0) is 9.53 Å². The van der Waals surface area contributed by atoms with Gasteiger partial charge in [0.15, 0.2) is 0 Å². The molecule has 2 N–H and O–H groups in total. The predicted molar refractivity (Wildman–Crippen MR) is 105 cm³/mol. The summed E-state index contributed by atoms with van der Waals surface area (Å²) in [6.45, 7) is 4.08. The first-order chi connectivity index (χ1) is 11.6. The monoisotopic (exact) mass is 380 g/mol. The van der Waals surface area contributed by atoms with Crippen molar-refractivity contribution in [3.63, 3.8) is 0 Å². The van der Waals surface area contributed by atoms with Gasteiger partial charge in [0.1, 0.15) is 0 Å². The Balaban J connectivity index is 0.00000225. The van der Waals surface area contributed by atoms with Crippen molar-refractivity contribution < 1.29 is 9.53 Å². The van der Waals surface area contributed by atoms with E-state index in [9.17, 15) is 4.79 Å². The summed E-state index contributed by atoms with van der Waals surface area (Å²) in [4.78, 5) is 12.2.